The van der Waals surface area contributed by atoms with Gasteiger partial charge in [-0.2, -0.15) is 20.1 Å². The van der Waals surface area contributed by atoms with E-state index in [9.17, 15) is 15.2 Å². The molecule has 1 aromatic carbocycles. The van der Waals surface area contributed by atoms with Crippen molar-refractivity contribution in [3.05, 3.63) is 70.5 Å². The highest BCUT2D eigenvalue weighted by Crippen LogP contribution is 2.44. The molecule has 0 atom stereocenters. The molecule has 0 radical (unpaired) electrons. The number of aryl methyl sites for hydroxylation is 1. The van der Waals surface area contributed by atoms with Crippen molar-refractivity contribution in [2.24, 2.45) is 13.0 Å². The Morgan fingerprint density at radius 2 is 2.00 bits per heavy atom. The third-order valence-corrected chi connectivity index (χ3v) is 7.27. The Hall–Kier alpha value is -4.29. The first kappa shape index (κ1) is 21.0. The first-order valence-electron chi connectivity index (χ1n) is 12.1. The molecular weight excluding hydrogens is 454 g/mol. The van der Waals surface area contributed by atoms with Crippen LogP contribution in [0.4, 0.5) is 0 Å². The first-order chi connectivity index (χ1) is 17.4. The summed E-state index contributed by atoms with van der Waals surface area (Å²) in [6.45, 7) is 0.739. The molecule has 0 aliphatic heterocycles. The molecule has 4 aromatic heterocycles. The van der Waals surface area contributed by atoms with Gasteiger partial charge in [-0.3, -0.25) is 14.5 Å². The first-order valence-corrected chi connectivity index (χ1v) is 12.1. The Morgan fingerprint density at radius 1 is 1.17 bits per heavy atom. The fraction of sp³-hybridized carbons (Fsp3) is 0.296. The quantitative estimate of drug-likeness (QED) is 0.415. The Labute approximate surface area is 205 Å². The van der Waals surface area contributed by atoms with Gasteiger partial charge in [-0.1, -0.05) is 6.07 Å². The number of aromatic nitrogens is 6. The van der Waals surface area contributed by atoms with Crippen molar-refractivity contribution >= 4 is 21.9 Å². The van der Waals surface area contributed by atoms with Crippen molar-refractivity contribution in [2.45, 2.75) is 37.8 Å². The maximum atomic E-state index is 14.1. The highest BCUT2D eigenvalue weighted by molar-refractivity contribution is 5.95. The third kappa shape index (κ3) is 3.26. The normalized spacial score (nSPS) is 16.5. The number of hydrogen-bond acceptors (Lipinski definition) is 6. The molecule has 4 heterocycles. The number of benzene rings is 1. The topological polar surface area (TPSA) is 115 Å². The minimum atomic E-state index is -0.856. The lowest BCUT2D eigenvalue weighted by atomic mass is 10.1. The average molecular weight is 478 g/mol. The number of aliphatic hydroxyl groups is 1. The maximum absolute atomic E-state index is 14.1. The molecule has 178 valence electrons. The molecule has 9 heteroatoms. The number of fused-ring (bicyclic) bond motifs is 2. The third-order valence-electron chi connectivity index (χ3n) is 7.27. The van der Waals surface area contributed by atoms with Gasteiger partial charge in [-0.05, 0) is 55.9 Å². The molecule has 0 unspecified atom stereocenters. The Morgan fingerprint density at radius 3 is 2.69 bits per heavy atom. The van der Waals surface area contributed by atoms with Gasteiger partial charge in [0.25, 0.3) is 5.56 Å². The number of hydrogen-bond donors (Lipinski definition) is 1. The zero-order valence-corrected chi connectivity index (χ0v) is 19.7. The van der Waals surface area contributed by atoms with Crippen LogP contribution in [0, 0.1) is 17.2 Å². The number of nitrogens with zero attached hydrogens (tertiary/aromatic N) is 7. The summed E-state index contributed by atoms with van der Waals surface area (Å²) in [5.41, 5.74) is 3.55. The number of rotatable bonds is 5. The lowest BCUT2D eigenvalue weighted by Gasteiger charge is -2.13. The van der Waals surface area contributed by atoms with Crippen LogP contribution >= 0.6 is 0 Å². The van der Waals surface area contributed by atoms with Crippen LogP contribution in [0.1, 0.15) is 36.9 Å². The molecule has 2 aliphatic carbocycles. The van der Waals surface area contributed by atoms with Crippen molar-refractivity contribution in [3.63, 3.8) is 0 Å². The Balaban J connectivity index is 1.50. The van der Waals surface area contributed by atoms with Crippen molar-refractivity contribution in [1.82, 2.24) is 29.1 Å². The van der Waals surface area contributed by atoms with E-state index in [1.165, 1.54) is 4.68 Å². The second kappa shape index (κ2) is 7.35. The highest BCUT2D eigenvalue weighted by atomic mass is 16.3. The minimum absolute atomic E-state index is 0.287. The molecule has 36 heavy (non-hydrogen) atoms. The second-order valence-electron chi connectivity index (χ2n) is 10.0. The molecule has 0 saturated heterocycles. The summed E-state index contributed by atoms with van der Waals surface area (Å²) in [6, 6.07) is 11.5. The van der Waals surface area contributed by atoms with E-state index in [0.717, 1.165) is 30.3 Å². The summed E-state index contributed by atoms with van der Waals surface area (Å²) < 4.78 is 5.10. The van der Waals surface area contributed by atoms with Crippen molar-refractivity contribution in [3.8, 4) is 22.9 Å². The predicted octanol–water partition coefficient (Wildman–Crippen LogP) is 3.40. The zero-order chi connectivity index (χ0) is 24.6. The Bertz CT molecular complexity index is 1780. The molecule has 2 aliphatic rings. The summed E-state index contributed by atoms with van der Waals surface area (Å²) in [7, 11) is 1.85. The SMILES string of the molecule is Cn1cc2cc(-n3nc4c(C#N)cn(CC5CC5)c4c(-c4ccc(C5(O)CC5)nc4)c3=O)ccc2n1. The molecule has 2 saturated carbocycles. The summed E-state index contributed by atoms with van der Waals surface area (Å²) >= 11 is 0. The van der Waals surface area contributed by atoms with Gasteiger partial charge in [0.15, 0.2) is 0 Å². The molecule has 1 N–H and O–H groups in total. The smallest absolute Gasteiger partial charge is 0.281 e. The lowest BCUT2D eigenvalue weighted by molar-refractivity contribution is 0.146. The largest absolute Gasteiger partial charge is 0.384 e. The minimum Gasteiger partial charge on any atom is -0.384 e. The van der Waals surface area contributed by atoms with Crippen LogP contribution in [-0.2, 0) is 19.2 Å². The summed E-state index contributed by atoms with van der Waals surface area (Å²) in [6.07, 6.45) is 9.01. The summed E-state index contributed by atoms with van der Waals surface area (Å²) in [5, 5.41) is 30.4. The molecule has 2 fully saturated rings. The van der Waals surface area contributed by atoms with Crippen molar-refractivity contribution in [1.29, 1.82) is 5.26 Å². The number of nitriles is 1. The molecule has 5 aromatic rings. The number of pyridine rings is 1. The second-order valence-corrected chi connectivity index (χ2v) is 10.0. The van der Waals surface area contributed by atoms with E-state index in [-0.39, 0.29) is 5.56 Å². The van der Waals surface area contributed by atoms with E-state index in [2.05, 4.69) is 16.2 Å². The van der Waals surface area contributed by atoms with Gasteiger partial charge < -0.3 is 9.67 Å². The van der Waals surface area contributed by atoms with Gasteiger partial charge in [0.1, 0.15) is 17.2 Å². The van der Waals surface area contributed by atoms with E-state index in [0.29, 0.717) is 57.9 Å². The van der Waals surface area contributed by atoms with Gasteiger partial charge in [0.2, 0.25) is 0 Å². The highest BCUT2D eigenvalue weighted by Gasteiger charge is 2.43. The zero-order valence-electron chi connectivity index (χ0n) is 19.7. The Kier molecular flexibility index (Phi) is 4.30. The van der Waals surface area contributed by atoms with Crippen molar-refractivity contribution < 1.29 is 5.11 Å². The van der Waals surface area contributed by atoms with Crippen molar-refractivity contribution in [2.75, 3.05) is 0 Å². The van der Waals surface area contributed by atoms with Gasteiger partial charge in [-0.15, -0.1) is 0 Å². The summed E-state index contributed by atoms with van der Waals surface area (Å²) in [4.78, 5) is 18.6. The van der Waals surface area contributed by atoms with Crippen LogP contribution in [0.2, 0.25) is 0 Å². The monoisotopic (exact) mass is 477 g/mol. The maximum Gasteiger partial charge on any atom is 0.281 e. The van der Waals surface area contributed by atoms with Gasteiger partial charge in [0.05, 0.1) is 33.5 Å². The van der Waals surface area contributed by atoms with Crippen LogP contribution in [0.5, 0.6) is 0 Å². The van der Waals surface area contributed by atoms with Gasteiger partial charge >= 0.3 is 0 Å². The van der Waals surface area contributed by atoms with Gasteiger partial charge in [-0.25, -0.2) is 0 Å². The molecule has 9 nitrogen and oxygen atoms in total. The molecule has 0 amide bonds. The van der Waals surface area contributed by atoms with Crippen LogP contribution < -0.4 is 5.56 Å². The van der Waals surface area contributed by atoms with Crippen LogP contribution in [0.15, 0.2) is 53.7 Å². The van der Waals surface area contributed by atoms with E-state index >= 15 is 0 Å². The van der Waals surface area contributed by atoms with E-state index in [4.69, 9.17) is 5.10 Å². The average Bonchev–Trinajstić information content (AvgIpc) is 3.78. The van der Waals surface area contributed by atoms with Crippen LogP contribution in [0.25, 0.3) is 38.8 Å². The van der Waals surface area contributed by atoms with Crippen LogP contribution in [0.3, 0.4) is 0 Å². The predicted molar refractivity (Wildman–Crippen MR) is 133 cm³/mol. The van der Waals surface area contributed by atoms with E-state index in [1.54, 1.807) is 16.9 Å². The van der Waals surface area contributed by atoms with Gasteiger partial charge in [0, 0.05) is 43.1 Å². The molecular formula is C27H23N7O2. The molecule has 0 spiro atoms. The van der Waals surface area contributed by atoms with Crippen LogP contribution in [-0.4, -0.2) is 34.2 Å². The standard InChI is InChI=1S/C27H23N7O2/c1-32-14-18-10-20(5-6-21(18)30-32)34-26(35)23(17-4-7-22(29-12-17)27(36)8-9-27)25-24(31-34)19(11-28)15-33(25)13-16-2-3-16/h4-7,10,12,14-16,36H,2-3,8-9,13H2,1H3. The van der Waals surface area contributed by atoms with E-state index in [1.807, 2.05) is 48.3 Å². The summed E-state index contributed by atoms with van der Waals surface area (Å²) in [5.74, 6) is 0.542. The molecule has 7 rings (SSSR count). The fourth-order valence-electron chi connectivity index (χ4n) is 4.96. The molecule has 0 bridgehead atoms. The van der Waals surface area contributed by atoms with E-state index < -0.39 is 5.60 Å². The fourth-order valence-corrected chi connectivity index (χ4v) is 4.96. The lowest BCUT2D eigenvalue weighted by Crippen LogP contribution is -2.24.